The van der Waals surface area contributed by atoms with E-state index in [0.717, 1.165) is 33.7 Å². The van der Waals surface area contributed by atoms with Crippen molar-refractivity contribution in [1.29, 1.82) is 0 Å². The van der Waals surface area contributed by atoms with E-state index in [4.69, 9.17) is 0 Å². The van der Waals surface area contributed by atoms with Gasteiger partial charge in [0.25, 0.3) is 0 Å². The van der Waals surface area contributed by atoms with Crippen molar-refractivity contribution in [3.05, 3.63) is 40.5 Å². The van der Waals surface area contributed by atoms with Gasteiger partial charge in [0.2, 0.25) is 0 Å². The molecule has 2 heterocycles. The van der Waals surface area contributed by atoms with Crippen molar-refractivity contribution in [1.82, 2.24) is 20.1 Å². The molecule has 0 radical (unpaired) electrons. The minimum absolute atomic E-state index is 0.211. The lowest BCUT2D eigenvalue weighted by Gasteiger charge is -2.07. The van der Waals surface area contributed by atoms with E-state index in [-0.39, 0.29) is 6.03 Å². The highest BCUT2D eigenvalue weighted by molar-refractivity contribution is 7.09. The van der Waals surface area contributed by atoms with Gasteiger partial charge in [0.15, 0.2) is 0 Å². The maximum Gasteiger partial charge on any atom is 0.319 e. The summed E-state index contributed by atoms with van der Waals surface area (Å²) < 4.78 is 1.80. The van der Waals surface area contributed by atoms with Gasteiger partial charge < -0.3 is 10.6 Å². The molecule has 126 valence electrons. The lowest BCUT2D eigenvalue weighted by atomic mass is 10.2. The van der Waals surface area contributed by atoms with Gasteiger partial charge in [0.05, 0.1) is 22.4 Å². The lowest BCUT2D eigenvalue weighted by Crippen LogP contribution is -2.30. The van der Waals surface area contributed by atoms with Crippen LogP contribution in [-0.2, 0) is 13.5 Å². The second-order valence-electron chi connectivity index (χ2n) is 6.00. The van der Waals surface area contributed by atoms with E-state index in [1.807, 2.05) is 25.2 Å². The van der Waals surface area contributed by atoms with E-state index >= 15 is 0 Å². The SMILES string of the molecule is CC(C)c1nc(CCNC(=O)Nc2ccc3c(cnn3C)c2)cs1. The van der Waals surface area contributed by atoms with Crippen LogP contribution in [0.15, 0.2) is 29.8 Å². The van der Waals surface area contributed by atoms with Crippen molar-refractivity contribution in [3.8, 4) is 0 Å². The molecule has 24 heavy (non-hydrogen) atoms. The van der Waals surface area contributed by atoms with Crippen molar-refractivity contribution >= 4 is 34.0 Å². The number of thiazole rings is 1. The van der Waals surface area contributed by atoms with E-state index in [2.05, 4.69) is 39.9 Å². The number of carbonyl (C=O) groups is 1. The summed E-state index contributed by atoms with van der Waals surface area (Å²) >= 11 is 1.67. The lowest BCUT2D eigenvalue weighted by molar-refractivity contribution is 0.252. The molecular weight excluding hydrogens is 322 g/mol. The number of carbonyl (C=O) groups excluding carboxylic acids is 1. The van der Waals surface area contributed by atoms with Crippen molar-refractivity contribution in [3.63, 3.8) is 0 Å². The fraction of sp³-hybridized carbons (Fsp3) is 0.353. The number of amides is 2. The number of nitrogens with one attached hydrogen (secondary N) is 2. The zero-order chi connectivity index (χ0) is 17.1. The van der Waals surface area contributed by atoms with Gasteiger partial charge in [-0.2, -0.15) is 5.10 Å². The molecule has 0 saturated carbocycles. The number of aryl methyl sites for hydroxylation is 1. The maximum absolute atomic E-state index is 12.0. The minimum Gasteiger partial charge on any atom is -0.337 e. The van der Waals surface area contributed by atoms with Gasteiger partial charge in [0, 0.05) is 42.4 Å². The molecule has 7 heteroatoms. The summed E-state index contributed by atoms with van der Waals surface area (Å²) in [5.41, 5.74) is 2.81. The first-order valence-corrected chi connectivity index (χ1v) is 8.82. The van der Waals surface area contributed by atoms with Gasteiger partial charge in [-0.3, -0.25) is 4.68 Å². The van der Waals surface area contributed by atoms with E-state index in [1.165, 1.54) is 0 Å². The van der Waals surface area contributed by atoms with Crippen LogP contribution < -0.4 is 10.6 Å². The Labute approximate surface area is 144 Å². The zero-order valence-corrected chi connectivity index (χ0v) is 14.9. The molecule has 0 aliphatic heterocycles. The zero-order valence-electron chi connectivity index (χ0n) is 14.0. The van der Waals surface area contributed by atoms with Crippen molar-refractivity contribution in [2.45, 2.75) is 26.2 Å². The van der Waals surface area contributed by atoms with Crippen LogP contribution in [0.1, 0.15) is 30.5 Å². The van der Waals surface area contributed by atoms with Crippen LogP contribution in [0, 0.1) is 0 Å². The number of hydrogen-bond acceptors (Lipinski definition) is 4. The topological polar surface area (TPSA) is 71.8 Å². The minimum atomic E-state index is -0.211. The molecule has 0 atom stereocenters. The Bertz CT molecular complexity index is 852. The van der Waals surface area contributed by atoms with Gasteiger partial charge in [-0.25, -0.2) is 9.78 Å². The average molecular weight is 343 g/mol. The number of hydrogen-bond donors (Lipinski definition) is 2. The van der Waals surface area contributed by atoms with Crippen molar-refractivity contribution in [2.24, 2.45) is 7.05 Å². The van der Waals surface area contributed by atoms with Crippen LogP contribution in [0.2, 0.25) is 0 Å². The van der Waals surface area contributed by atoms with E-state index in [0.29, 0.717) is 12.5 Å². The Kier molecular flexibility index (Phi) is 4.80. The molecule has 0 unspecified atom stereocenters. The van der Waals surface area contributed by atoms with Crippen LogP contribution in [-0.4, -0.2) is 27.3 Å². The Morgan fingerprint density at radius 2 is 2.21 bits per heavy atom. The molecule has 3 rings (SSSR count). The Morgan fingerprint density at radius 3 is 2.96 bits per heavy atom. The number of rotatable bonds is 5. The molecule has 2 N–H and O–H groups in total. The summed E-state index contributed by atoms with van der Waals surface area (Å²) in [5, 5.41) is 14.1. The van der Waals surface area contributed by atoms with Crippen LogP contribution in [0.25, 0.3) is 10.9 Å². The highest BCUT2D eigenvalue weighted by Gasteiger charge is 2.07. The molecule has 1 aromatic carbocycles. The van der Waals surface area contributed by atoms with Gasteiger partial charge in [-0.05, 0) is 18.2 Å². The Hall–Kier alpha value is -2.41. The smallest absolute Gasteiger partial charge is 0.319 e. The molecule has 0 spiro atoms. The number of nitrogens with zero attached hydrogens (tertiary/aromatic N) is 3. The summed E-state index contributed by atoms with van der Waals surface area (Å²) in [6.45, 7) is 4.82. The molecule has 0 saturated heterocycles. The summed E-state index contributed by atoms with van der Waals surface area (Å²) in [4.78, 5) is 16.6. The molecule has 2 amide bonds. The van der Waals surface area contributed by atoms with Gasteiger partial charge in [0.1, 0.15) is 0 Å². The maximum atomic E-state index is 12.0. The predicted molar refractivity (Wildman–Crippen MR) is 97.6 cm³/mol. The third-order valence-electron chi connectivity index (χ3n) is 3.73. The third kappa shape index (κ3) is 3.73. The molecule has 2 aromatic heterocycles. The Balaban J connectivity index is 1.51. The number of fused-ring (bicyclic) bond motifs is 1. The molecule has 6 nitrogen and oxygen atoms in total. The fourth-order valence-electron chi connectivity index (χ4n) is 2.42. The first kappa shape index (κ1) is 16.4. The number of aromatic nitrogens is 3. The highest BCUT2D eigenvalue weighted by Crippen LogP contribution is 2.19. The van der Waals surface area contributed by atoms with Crippen molar-refractivity contribution in [2.75, 3.05) is 11.9 Å². The molecule has 0 fully saturated rings. The molecule has 0 bridgehead atoms. The number of benzene rings is 1. The molecule has 0 aliphatic rings. The fourth-order valence-corrected chi connectivity index (χ4v) is 3.29. The molecule has 3 aromatic rings. The number of urea groups is 1. The van der Waals surface area contributed by atoms with E-state index in [1.54, 1.807) is 22.2 Å². The van der Waals surface area contributed by atoms with Gasteiger partial charge in [-0.15, -0.1) is 11.3 Å². The first-order chi connectivity index (χ1) is 11.5. The predicted octanol–water partition coefficient (Wildman–Crippen LogP) is 3.52. The third-order valence-corrected chi connectivity index (χ3v) is 4.93. The molecule has 0 aliphatic carbocycles. The van der Waals surface area contributed by atoms with Crippen LogP contribution in [0.5, 0.6) is 0 Å². The quantitative estimate of drug-likeness (QED) is 0.744. The summed E-state index contributed by atoms with van der Waals surface area (Å²) in [5.74, 6) is 0.447. The second-order valence-corrected chi connectivity index (χ2v) is 6.89. The highest BCUT2D eigenvalue weighted by atomic mass is 32.1. The van der Waals surface area contributed by atoms with Gasteiger partial charge in [-0.1, -0.05) is 13.8 Å². The monoisotopic (exact) mass is 343 g/mol. The van der Waals surface area contributed by atoms with Crippen LogP contribution in [0.4, 0.5) is 10.5 Å². The second kappa shape index (κ2) is 7.00. The van der Waals surface area contributed by atoms with E-state index in [9.17, 15) is 4.79 Å². The van der Waals surface area contributed by atoms with E-state index < -0.39 is 0 Å². The summed E-state index contributed by atoms with van der Waals surface area (Å²) in [6, 6.07) is 5.52. The first-order valence-electron chi connectivity index (χ1n) is 7.94. The van der Waals surface area contributed by atoms with Crippen LogP contribution in [0.3, 0.4) is 0 Å². The largest absolute Gasteiger partial charge is 0.337 e. The summed E-state index contributed by atoms with van der Waals surface area (Å²) in [6.07, 6.45) is 2.52. The average Bonchev–Trinajstić information content (AvgIpc) is 3.15. The Morgan fingerprint density at radius 1 is 1.38 bits per heavy atom. The molecular formula is C17H21N5OS. The number of anilines is 1. The summed E-state index contributed by atoms with van der Waals surface area (Å²) in [7, 11) is 1.89. The van der Waals surface area contributed by atoms with Crippen molar-refractivity contribution < 1.29 is 4.79 Å². The van der Waals surface area contributed by atoms with Crippen LogP contribution >= 0.6 is 11.3 Å². The van der Waals surface area contributed by atoms with Gasteiger partial charge >= 0.3 is 6.03 Å². The normalized spacial score (nSPS) is 11.2. The standard InChI is InChI=1S/C17H21N5OS/c1-11(2)16-20-14(10-24-16)6-7-18-17(23)21-13-4-5-15-12(8-13)9-19-22(15)3/h4-5,8-11H,6-7H2,1-3H3,(H2,18,21,23).